The van der Waals surface area contributed by atoms with Gasteiger partial charge in [-0.2, -0.15) is 26.3 Å². The molecule has 5 rings (SSSR count). The summed E-state index contributed by atoms with van der Waals surface area (Å²) in [5.41, 5.74) is 4.02. The molecule has 14 heteroatoms. The minimum atomic E-state index is -5.08. The number of piperidine rings is 1. The van der Waals surface area contributed by atoms with Crippen molar-refractivity contribution in [3.05, 3.63) is 83.4 Å². The molecular formula is C30H31F6N3O5. The Kier molecular flexibility index (Phi) is 11.3. The second-order valence-electron chi connectivity index (χ2n) is 10.3. The molecule has 0 bridgehead atoms. The van der Waals surface area contributed by atoms with Crippen LogP contribution >= 0.6 is 0 Å². The molecule has 1 fully saturated rings. The van der Waals surface area contributed by atoms with Crippen LogP contribution in [0.1, 0.15) is 34.3 Å². The highest BCUT2D eigenvalue weighted by atomic mass is 19.4. The highest BCUT2D eigenvalue weighted by Crippen LogP contribution is 2.39. The predicted octanol–water partition coefficient (Wildman–Crippen LogP) is 4.97. The van der Waals surface area contributed by atoms with Gasteiger partial charge in [0.05, 0.1) is 0 Å². The molecule has 0 unspecified atom stereocenters. The molecule has 0 aromatic heterocycles. The number of halogens is 6. The van der Waals surface area contributed by atoms with Gasteiger partial charge < -0.3 is 25.7 Å². The van der Waals surface area contributed by atoms with E-state index in [0.717, 1.165) is 49.1 Å². The van der Waals surface area contributed by atoms with Gasteiger partial charge in [0.15, 0.2) is 0 Å². The number of aliphatic carboxylic acids is 2. The minimum absolute atomic E-state index is 0.0136. The molecule has 4 N–H and O–H groups in total. The van der Waals surface area contributed by atoms with E-state index in [4.69, 9.17) is 19.8 Å². The second kappa shape index (κ2) is 14.5. The number of hydrogen-bond acceptors (Lipinski definition) is 5. The number of amides is 1. The van der Waals surface area contributed by atoms with Crippen molar-refractivity contribution in [2.75, 3.05) is 32.7 Å². The fourth-order valence-corrected chi connectivity index (χ4v) is 5.13. The first-order valence-electron chi connectivity index (χ1n) is 13.5. The lowest BCUT2D eigenvalue weighted by Crippen LogP contribution is -2.51. The Bertz CT molecular complexity index is 1430. The lowest BCUT2D eigenvalue weighted by Gasteiger charge is -2.45. The minimum Gasteiger partial charge on any atom is -0.475 e. The highest BCUT2D eigenvalue weighted by molar-refractivity contribution is 5.98. The average Bonchev–Trinajstić information content (AvgIpc) is 2.98. The van der Waals surface area contributed by atoms with Gasteiger partial charge in [-0.3, -0.25) is 4.79 Å². The topological polar surface area (TPSA) is 119 Å². The van der Waals surface area contributed by atoms with Gasteiger partial charge in [-0.15, -0.1) is 0 Å². The van der Waals surface area contributed by atoms with Crippen molar-refractivity contribution >= 4 is 28.6 Å². The first kappa shape index (κ1) is 34.3. The standard InChI is InChI=1S/C26H29N3O.2C2HF3O2/c30-25(22-10-9-20-5-1-2-6-21(20)17-22)28-13-16-29-14-11-26(12-15-29)19-27-18-23-7-3-4-8-24(23)26;2*3-2(4,5)1(6)7/h1-10,17,27H,11-16,18-19H2,(H,28,30);2*(H,6,7). The van der Waals surface area contributed by atoms with Crippen LogP contribution < -0.4 is 10.6 Å². The molecule has 0 atom stereocenters. The zero-order valence-electron chi connectivity index (χ0n) is 23.3. The molecule has 238 valence electrons. The fourth-order valence-electron chi connectivity index (χ4n) is 5.13. The maximum absolute atomic E-state index is 12.6. The van der Waals surface area contributed by atoms with Crippen molar-refractivity contribution in [3.8, 4) is 0 Å². The number of nitrogens with one attached hydrogen (secondary N) is 2. The lowest BCUT2D eigenvalue weighted by molar-refractivity contribution is -0.193. The van der Waals surface area contributed by atoms with Crippen molar-refractivity contribution in [2.24, 2.45) is 0 Å². The molecular weight excluding hydrogens is 596 g/mol. The number of hydrogen-bond donors (Lipinski definition) is 4. The number of nitrogens with zero attached hydrogens (tertiary/aromatic N) is 1. The molecule has 3 aromatic carbocycles. The molecule has 44 heavy (non-hydrogen) atoms. The van der Waals surface area contributed by atoms with Crippen molar-refractivity contribution in [3.63, 3.8) is 0 Å². The monoisotopic (exact) mass is 627 g/mol. The van der Waals surface area contributed by atoms with Crippen LogP contribution in [0.15, 0.2) is 66.7 Å². The van der Waals surface area contributed by atoms with E-state index in [2.05, 4.69) is 45.9 Å². The van der Waals surface area contributed by atoms with Gasteiger partial charge in [-0.05, 0) is 60.0 Å². The number of benzene rings is 3. The van der Waals surface area contributed by atoms with Gasteiger partial charge in [0.25, 0.3) is 5.91 Å². The molecule has 1 amide bonds. The fraction of sp³-hybridized carbons (Fsp3) is 0.367. The molecule has 0 saturated carbocycles. The van der Waals surface area contributed by atoms with Gasteiger partial charge in [-0.25, -0.2) is 9.59 Å². The van der Waals surface area contributed by atoms with Crippen LogP contribution in [0.2, 0.25) is 0 Å². The summed E-state index contributed by atoms with van der Waals surface area (Å²) in [5.74, 6) is -5.50. The maximum Gasteiger partial charge on any atom is 0.490 e. The Morgan fingerprint density at radius 1 is 0.818 bits per heavy atom. The van der Waals surface area contributed by atoms with Gasteiger partial charge in [0, 0.05) is 37.2 Å². The van der Waals surface area contributed by atoms with E-state index >= 15 is 0 Å². The van der Waals surface area contributed by atoms with Crippen LogP contribution in [0.3, 0.4) is 0 Å². The number of carbonyl (C=O) groups excluding carboxylic acids is 1. The summed E-state index contributed by atoms with van der Waals surface area (Å²) in [5, 5.41) is 23.3. The van der Waals surface area contributed by atoms with E-state index in [1.807, 2.05) is 36.4 Å². The maximum atomic E-state index is 12.6. The quantitative estimate of drug-likeness (QED) is 0.302. The second-order valence-corrected chi connectivity index (χ2v) is 10.3. The molecule has 1 saturated heterocycles. The zero-order chi connectivity index (χ0) is 32.5. The van der Waals surface area contributed by atoms with Crippen molar-refractivity contribution in [2.45, 2.75) is 37.2 Å². The molecule has 2 heterocycles. The summed E-state index contributed by atoms with van der Waals surface area (Å²) in [6, 6.07) is 23.0. The van der Waals surface area contributed by atoms with Gasteiger partial charge in [0.2, 0.25) is 0 Å². The largest absolute Gasteiger partial charge is 0.490 e. The Morgan fingerprint density at radius 3 is 1.95 bits per heavy atom. The van der Waals surface area contributed by atoms with E-state index in [0.29, 0.717) is 6.54 Å². The number of carboxylic acid groups (broad SMARTS) is 2. The van der Waals surface area contributed by atoms with Gasteiger partial charge in [0.1, 0.15) is 0 Å². The first-order chi connectivity index (χ1) is 20.6. The Labute approximate surface area is 248 Å². The van der Waals surface area contributed by atoms with Crippen LogP contribution in [0, 0.1) is 0 Å². The van der Waals surface area contributed by atoms with Crippen LogP contribution in [-0.4, -0.2) is 78.0 Å². The first-order valence-corrected chi connectivity index (χ1v) is 13.5. The SMILES string of the molecule is O=C(NCCN1CCC2(CC1)CNCc1ccccc12)c1ccc2ccccc2c1.O=C(O)C(F)(F)F.O=C(O)C(F)(F)F. The molecule has 3 aromatic rings. The Hall–Kier alpha value is -4.17. The smallest absolute Gasteiger partial charge is 0.475 e. The van der Waals surface area contributed by atoms with E-state index in [9.17, 15) is 31.1 Å². The lowest BCUT2D eigenvalue weighted by atomic mass is 9.69. The summed E-state index contributed by atoms with van der Waals surface area (Å²) in [7, 11) is 0. The summed E-state index contributed by atoms with van der Waals surface area (Å²) < 4.78 is 63.5. The van der Waals surface area contributed by atoms with Crippen molar-refractivity contribution in [1.29, 1.82) is 0 Å². The van der Waals surface area contributed by atoms with Crippen LogP contribution in [0.25, 0.3) is 10.8 Å². The van der Waals surface area contributed by atoms with Crippen LogP contribution in [0.4, 0.5) is 26.3 Å². The molecule has 8 nitrogen and oxygen atoms in total. The zero-order valence-corrected chi connectivity index (χ0v) is 23.3. The number of likely N-dealkylation sites (tertiary alicyclic amines) is 1. The Balaban J connectivity index is 0.000000317. The van der Waals surface area contributed by atoms with Crippen molar-refractivity contribution < 1.29 is 50.9 Å². The predicted molar refractivity (Wildman–Crippen MR) is 149 cm³/mol. The van der Waals surface area contributed by atoms with Crippen molar-refractivity contribution in [1.82, 2.24) is 15.5 Å². The number of alkyl halides is 6. The molecule has 1 spiro atoms. The van der Waals surface area contributed by atoms with E-state index in [1.165, 1.54) is 18.4 Å². The number of rotatable bonds is 4. The van der Waals surface area contributed by atoms with Gasteiger partial charge in [-0.1, -0.05) is 54.6 Å². The number of carbonyl (C=O) groups is 3. The van der Waals surface area contributed by atoms with Gasteiger partial charge >= 0.3 is 24.3 Å². The third-order valence-electron chi connectivity index (χ3n) is 7.39. The third kappa shape index (κ3) is 9.41. The highest BCUT2D eigenvalue weighted by Gasteiger charge is 2.40. The summed E-state index contributed by atoms with van der Waals surface area (Å²) >= 11 is 0. The van der Waals surface area contributed by atoms with E-state index < -0.39 is 24.3 Å². The molecule has 0 radical (unpaired) electrons. The summed E-state index contributed by atoms with van der Waals surface area (Å²) in [4.78, 5) is 32.9. The number of fused-ring (bicyclic) bond motifs is 3. The molecule has 0 aliphatic carbocycles. The summed E-state index contributed by atoms with van der Waals surface area (Å²) in [6.07, 6.45) is -7.81. The van der Waals surface area contributed by atoms with Crippen LogP contribution in [-0.2, 0) is 21.5 Å². The van der Waals surface area contributed by atoms with E-state index in [1.54, 1.807) is 5.56 Å². The Morgan fingerprint density at radius 2 is 1.36 bits per heavy atom. The third-order valence-corrected chi connectivity index (χ3v) is 7.39. The van der Waals surface area contributed by atoms with Crippen LogP contribution in [0.5, 0.6) is 0 Å². The number of carboxylic acids is 2. The average molecular weight is 628 g/mol. The molecule has 2 aliphatic rings. The summed E-state index contributed by atoms with van der Waals surface area (Å²) in [6.45, 7) is 5.83. The molecule has 2 aliphatic heterocycles. The normalized spacial score (nSPS) is 16.0. The van der Waals surface area contributed by atoms with E-state index in [-0.39, 0.29) is 11.3 Å².